The second-order valence-corrected chi connectivity index (χ2v) is 1.77. The SMILES string of the molecule is OC1O[C-]=C[C@H](O)C1O.[Na+]. The standard InChI is InChI=1S/C5H7O4.Na/c6-3-1-2-9-5(8)4(3)7;/h1,3-8H;/q-1;+1/t3-,4?,5?;/m0./s1. The van der Waals surface area contributed by atoms with E-state index in [4.69, 9.17) is 15.3 Å². The quantitative estimate of drug-likeness (QED) is 0.242. The Kier molecular flexibility index (Phi) is 4.51. The van der Waals surface area contributed by atoms with Crippen LogP contribution in [0.1, 0.15) is 0 Å². The van der Waals surface area contributed by atoms with Gasteiger partial charge >= 0.3 is 29.6 Å². The first kappa shape index (κ1) is 10.4. The second kappa shape index (κ2) is 4.33. The number of hydrogen-bond acceptors (Lipinski definition) is 4. The Morgan fingerprint density at radius 2 is 1.90 bits per heavy atom. The number of aliphatic hydroxyl groups is 3. The van der Waals surface area contributed by atoms with Gasteiger partial charge in [0.2, 0.25) is 0 Å². The molecule has 0 spiro atoms. The molecule has 0 aromatic rings. The molecule has 1 heterocycles. The Morgan fingerprint density at radius 3 is 2.30 bits per heavy atom. The molecule has 10 heavy (non-hydrogen) atoms. The average molecular weight is 154 g/mol. The Bertz CT molecular complexity index is 127. The van der Waals surface area contributed by atoms with Crippen molar-refractivity contribution in [2.75, 3.05) is 0 Å². The Labute approximate surface area is 80.4 Å². The number of hydrogen-bond donors (Lipinski definition) is 3. The summed E-state index contributed by atoms with van der Waals surface area (Å²) in [5.41, 5.74) is 0. The molecule has 1 aliphatic heterocycles. The van der Waals surface area contributed by atoms with Gasteiger partial charge < -0.3 is 20.1 Å². The summed E-state index contributed by atoms with van der Waals surface area (Å²) < 4.78 is 4.30. The smallest absolute Gasteiger partial charge is 0.671 e. The van der Waals surface area contributed by atoms with Crippen LogP contribution in [0.5, 0.6) is 0 Å². The first-order valence-corrected chi connectivity index (χ1v) is 2.50. The van der Waals surface area contributed by atoms with E-state index >= 15 is 0 Å². The van der Waals surface area contributed by atoms with Gasteiger partial charge in [-0.25, -0.2) is 6.08 Å². The maximum absolute atomic E-state index is 8.75. The van der Waals surface area contributed by atoms with Gasteiger partial charge in [0.15, 0.2) is 6.29 Å². The van der Waals surface area contributed by atoms with E-state index in [0.29, 0.717) is 0 Å². The molecular weight excluding hydrogens is 147 g/mol. The van der Waals surface area contributed by atoms with Gasteiger partial charge in [-0.2, -0.15) is 0 Å². The van der Waals surface area contributed by atoms with E-state index in [0.717, 1.165) is 6.08 Å². The molecule has 1 aliphatic rings. The Hall–Kier alpha value is 0.420. The third-order valence-corrected chi connectivity index (χ3v) is 1.07. The van der Waals surface area contributed by atoms with Crippen LogP contribution in [0.25, 0.3) is 0 Å². The third-order valence-electron chi connectivity index (χ3n) is 1.07. The van der Waals surface area contributed by atoms with E-state index in [-0.39, 0.29) is 29.6 Å². The zero-order valence-corrected chi connectivity index (χ0v) is 7.56. The molecule has 0 saturated heterocycles. The Balaban J connectivity index is 0.000000810. The number of aliphatic hydroxyl groups excluding tert-OH is 3. The van der Waals surface area contributed by atoms with Crippen molar-refractivity contribution in [1.82, 2.24) is 0 Å². The fourth-order valence-electron chi connectivity index (χ4n) is 0.516. The summed E-state index contributed by atoms with van der Waals surface area (Å²) in [6.07, 6.45) is -0.424. The van der Waals surface area contributed by atoms with Gasteiger partial charge in [-0.05, 0) is 0 Å². The van der Waals surface area contributed by atoms with E-state index in [1.807, 2.05) is 0 Å². The maximum Gasteiger partial charge on any atom is 1.00 e. The molecule has 4 nitrogen and oxygen atoms in total. The van der Waals surface area contributed by atoms with Crippen LogP contribution in [-0.4, -0.2) is 33.8 Å². The zero-order chi connectivity index (χ0) is 6.85. The van der Waals surface area contributed by atoms with Crippen molar-refractivity contribution in [2.24, 2.45) is 0 Å². The van der Waals surface area contributed by atoms with Crippen LogP contribution in [0.2, 0.25) is 0 Å². The largest absolute Gasteiger partial charge is 1.00 e. The monoisotopic (exact) mass is 154 g/mol. The van der Waals surface area contributed by atoms with Gasteiger partial charge in [-0.1, -0.05) is 0 Å². The molecule has 0 saturated carbocycles. The molecule has 0 fully saturated rings. The second-order valence-electron chi connectivity index (χ2n) is 1.77. The maximum atomic E-state index is 8.75. The molecule has 0 bridgehead atoms. The number of rotatable bonds is 0. The van der Waals surface area contributed by atoms with Gasteiger partial charge in [-0.15, -0.1) is 0 Å². The zero-order valence-electron chi connectivity index (χ0n) is 5.56. The van der Waals surface area contributed by atoms with Crippen LogP contribution in [0.15, 0.2) is 6.08 Å². The molecule has 0 radical (unpaired) electrons. The summed E-state index contributed by atoms with van der Waals surface area (Å²) in [6.45, 7) is 0. The van der Waals surface area contributed by atoms with Crippen molar-refractivity contribution in [3.8, 4) is 0 Å². The molecule has 5 heteroatoms. The first-order chi connectivity index (χ1) is 4.22. The minimum atomic E-state index is -1.36. The fourth-order valence-corrected chi connectivity index (χ4v) is 0.516. The van der Waals surface area contributed by atoms with E-state index in [2.05, 4.69) is 11.0 Å². The van der Waals surface area contributed by atoms with Gasteiger partial charge in [-0.3, -0.25) is 6.26 Å². The minimum Gasteiger partial charge on any atom is -0.671 e. The summed E-state index contributed by atoms with van der Waals surface area (Å²) in [4.78, 5) is 0. The molecule has 52 valence electrons. The predicted molar refractivity (Wildman–Crippen MR) is 26.9 cm³/mol. The van der Waals surface area contributed by atoms with Gasteiger partial charge in [0.25, 0.3) is 0 Å². The van der Waals surface area contributed by atoms with Crippen LogP contribution in [0, 0.1) is 6.26 Å². The van der Waals surface area contributed by atoms with E-state index in [9.17, 15) is 0 Å². The molecule has 3 N–H and O–H groups in total. The topological polar surface area (TPSA) is 69.9 Å². The van der Waals surface area contributed by atoms with Crippen molar-refractivity contribution < 1.29 is 49.6 Å². The van der Waals surface area contributed by atoms with E-state index in [1.165, 1.54) is 0 Å². The summed E-state index contributed by atoms with van der Waals surface area (Å²) >= 11 is 0. The minimum absolute atomic E-state index is 0. The van der Waals surface area contributed by atoms with Crippen molar-refractivity contribution in [2.45, 2.75) is 18.5 Å². The van der Waals surface area contributed by atoms with Crippen LogP contribution in [0.4, 0.5) is 0 Å². The normalized spacial score (nSPS) is 38.1. The van der Waals surface area contributed by atoms with Gasteiger partial charge in [0, 0.05) is 0 Å². The van der Waals surface area contributed by atoms with Crippen molar-refractivity contribution in [3.05, 3.63) is 12.3 Å². The van der Waals surface area contributed by atoms with Crippen LogP contribution < -0.4 is 29.6 Å². The molecule has 0 aromatic carbocycles. The first-order valence-electron chi connectivity index (χ1n) is 2.50. The summed E-state index contributed by atoms with van der Waals surface area (Å²) in [6, 6.07) is 0. The van der Waals surface area contributed by atoms with Crippen LogP contribution in [-0.2, 0) is 4.74 Å². The van der Waals surface area contributed by atoms with Crippen LogP contribution in [0.3, 0.4) is 0 Å². The van der Waals surface area contributed by atoms with E-state index in [1.54, 1.807) is 0 Å². The summed E-state index contributed by atoms with van der Waals surface area (Å²) in [5, 5.41) is 26.1. The fraction of sp³-hybridized carbons (Fsp3) is 0.600. The summed E-state index contributed by atoms with van der Waals surface area (Å²) in [7, 11) is 0. The third kappa shape index (κ3) is 2.23. The van der Waals surface area contributed by atoms with Crippen molar-refractivity contribution in [3.63, 3.8) is 0 Å². The molecule has 0 amide bonds. The van der Waals surface area contributed by atoms with Gasteiger partial charge in [0.05, 0.1) is 6.10 Å². The molecule has 0 aromatic heterocycles. The molecule has 0 aliphatic carbocycles. The predicted octanol–water partition coefficient (Wildman–Crippen LogP) is -4.62. The average Bonchev–Trinajstić information content (AvgIpc) is 1.83. The Morgan fingerprint density at radius 1 is 1.30 bits per heavy atom. The van der Waals surface area contributed by atoms with Crippen LogP contribution >= 0.6 is 0 Å². The van der Waals surface area contributed by atoms with Crippen molar-refractivity contribution in [1.29, 1.82) is 0 Å². The molecular formula is C5H7NaO4. The molecule has 1 rings (SSSR count). The molecule has 3 atom stereocenters. The van der Waals surface area contributed by atoms with Crippen molar-refractivity contribution >= 4 is 0 Å². The molecule has 2 unspecified atom stereocenters. The summed E-state index contributed by atoms with van der Waals surface area (Å²) in [5.74, 6) is 0. The van der Waals surface area contributed by atoms with Gasteiger partial charge in [0.1, 0.15) is 6.10 Å². The number of ether oxygens (including phenoxy) is 1. The van der Waals surface area contributed by atoms with E-state index < -0.39 is 18.5 Å².